The summed E-state index contributed by atoms with van der Waals surface area (Å²) in [6.07, 6.45) is 2.91. The zero-order valence-electron chi connectivity index (χ0n) is 12.4. The molecule has 1 nitrogen and oxygen atoms in total. The molecule has 19 heavy (non-hydrogen) atoms. The van der Waals surface area contributed by atoms with Gasteiger partial charge in [-0.25, -0.2) is 4.39 Å². The van der Waals surface area contributed by atoms with Gasteiger partial charge in [-0.05, 0) is 42.9 Å². The first-order valence-electron chi connectivity index (χ1n) is 6.99. The van der Waals surface area contributed by atoms with Crippen LogP contribution in [0.25, 0.3) is 0 Å². The van der Waals surface area contributed by atoms with Crippen LogP contribution in [0.1, 0.15) is 46.1 Å². The van der Waals surface area contributed by atoms with Gasteiger partial charge >= 0.3 is 0 Å². The number of rotatable bonds is 6. The van der Waals surface area contributed by atoms with Gasteiger partial charge in [0, 0.05) is 6.04 Å². The van der Waals surface area contributed by atoms with Crippen molar-refractivity contribution in [3.63, 3.8) is 0 Å². The van der Waals surface area contributed by atoms with Crippen LogP contribution in [0.2, 0.25) is 5.02 Å². The molecule has 1 N–H and O–H groups in total. The van der Waals surface area contributed by atoms with Crippen LogP contribution in [-0.2, 0) is 6.42 Å². The quantitative estimate of drug-likeness (QED) is 0.790. The summed E-state index contributed by atoms with van der Waals surface area (Å²) in [6.45, 7) is 9.80. The van der Waals surface area contributed by atoms with Crippen LogP contribution in [-0.4, -0.2) is 12.6 Å². The zero-order chi connectivity index (χ0) is 14.5. The smallest absolute Gasteiger partial charge is 0.142 e. The largest absolute Gasteiger partial charge is 0.314 e. The minimum absolute atomic E-state index is 0.241. The average molecular weight is 286 g/mol. The van der Waals surface area contributed by atoms with Gasteiger partial charge < -0.3 is 5.32 Å². The number of benzene rings is 1. The second kappa shape index (κ2) is 7.25. The Morgan fingerprint density at radius 2 is 2.00 bits per heavy atom. The molecule has 3 heteroatoms. The van der Waals surface area contributed by atoms with Gasteiger partial charge in [-0.2, -0.15) is 0 Å². The Morgan fingerprint density at radius 3 is 2.58 bits per heavy atom. The summed E-state index contributed by atoms with van der Waals surface area (Å²) >= 11 is 6.04. The van der Waals surface area contributed by atoms with E-state index in [1.54, 1.807) is 6.07 Å². The van der Waals surface area contributed by atoms with Crippen LogP contribution in [0.5, 0.6) is 0 Å². The molecule has 0 heterocycles. The van der Waals surface area contributed by atoms with Gasteiger partial charge in [0.05, 0.1) is 5.02 Å². The molecule has 1 aromatic carbocycles. The lowest BCUT2D eigenvalue weighted by Gasteiger charge is -2.27. The average Bonchev–Trinajstić information content (AvgIpc) is 2.30. The molecule has 0 saturated carbocycles. The monoisotopic (exact) mass is 285 g/mol. The van der Waals surface area contributed by atoms with Crippen molar-refractivity contribution in [2.24, 2.45) is 5.41 Å². The molecule has 0 radical (unpaired) electrons. The molecule has 0 aromatic heterocycles. The van der Waals surface area contributed by atoms with Crippen LogP contribution >= 0.6 is 11.6 Å². The van der Waals surface area contributed by atoms with E-state index in [1.807, 2.05) is 6.07 Å². The maximum Gasteiger partial charge on any atom is 0.142 e. The molecule has 1 atom stereocenters. The van der Waals surface area contributed by atoms with Crippen molar-refractivity contribution in [3.8, 4) is 0 Å². The van der Waals surface area contributed by atoms with E-state index in [9.17, 15) is 4.39 Å². The predicted octanol–water partition coefficient (Wildman–Crippen LogP) is 4.83. The van der Waals surface area contributed by atoms with Crippen LogP contribution in [0.4, 0.5) is 4.39 Å². The second-order valence-electron chi connectivity index (χ2n) is 6.33. The van der Waals surface area contributed by atoms with Gasteiger partial charge in [-0.3, -0.25) is 0 Å². The molecular weight excluding hydrogens is 261 g/mol. The van der Waals surface area contributed by atoms with Gasteiger partial charge in [0.25, 0.3) is 0 Å². The summed E-state index contributed by atoms with van der Waals surface area (Å²) in [5.41, 5.74) is 1.13. The molecule has 108 valence electrons. The minimum Gasteiger partial charge on any atom is -0.314 e. The Morgan fingerprint density at radius 1 is 1.32 bits per heavy atom. The van der Waals surface area contributed by atoms with E-state index in [4.69, 9.17) is 11.6 Å². The van der Waals surface area contributed by atoms with Gasteiger partial charge in [0.2, 0.25) is 0 Å². The number of halogens is 2. The SMILES string of the molecule is CCCNC(Cc1cccc(F)c1Cl)CC(C)(C)C. The molecule has 1 aromatic rings. The van der Waals surface area contributed by atoms with Crippen molar-refractivity contribution in [3.05, 3.63) is 34.6 Å². The van der Waals surface area contributed by atoms with E-state index in [2.05, 4.69) is 33.0 Å². The number of hydrogen-bond donors (Lipinski definition) is 1. The highest BCUT2D eigenvalue weighted by Crippen LogP contribution is 2.26. The third kappa shape index (κ3) is 5.92. The molecule has 1 unspecified atom stereocenters. The number of nitrogens with one attached hydrogen (secondary N) is 1. The van der Waals surface area contributed by atoms with Gasteiger partial charge in [0.15, 0.2) is 0 Å². The Kier molecular flexibility index (Phi) is 6.28. The van der Waals surface area contributed by atoms with E-state index in [0.29, 0.717) is 6.04 Å². The Hall–Kier alpha value is -0.600. The molecule has 1 rings (SSSR count). The molecule has 0 aliphatic carbocycles. The van der Waals surface area contributed by atoms with Crippen LogP contribution in [0.15, 0.2) is 18.2 Å². The van der Waals surface area contributed by atoms with Gasteiger partial charge in [-0.15, -0.1) is 0 Å². The lowest BCUT2D eigenvalue weighted by atomic mass is 9.86. The summed E-state index contributed by atoms with van der Waals surface area (Å²) in [5, 5.41) is 3.80. The first kappa shape index (κ1) is 16.5. The first-order valence-corrected chi connectivity index (χ1v) is 7.37. The maximum absolute atomic E-state index is 13.5. The lowest BCUT2D eigenvalue weighted by Crippen LogP contribution is -2.35. The molecule has 0 bridgehead atoms. The summed E-state index contributed by atoms with van der Waals surface area (Å²) in [6, 6.07) is 5.38. The molecule has 0 spiro atoms. The van der Waals surface area contributed by atoms with E-state index < -0.39 is 0 Å². The highest BCUT2D eigenvalue weighted by atomic mass is 35.5. The zero-order valence-corrected chi connectivity index (χ0v) is 13.1. The topological polar surface area (TPSA) is 12.0 Å². The predicted molar refractivity (Wildman–Crippen MR) is 81.3 cm³/mol. The van der Waals surface area contributed by atoms with Gasteiger partial charge in [0.1, 0.15) is 5.82 Å². The Bertz CT molecular complexity index is 398. The summed E-state index contributed by atoms with van der Waals surface area (Å²) < 4.78 is 13.5. The van der Waals surface area contributed by atoms with E-state index in [1.165, 1.54) is 6.07 Å². The second-order valence-corrected chi connectivity index (χ2v) is 6.71. The molecule has 0 aliphatic rings. The summed E-state index contributed by atoms with van der Waals surface area (Å²) in [7, 11) is 0. The molecule has 0 aliphatic heterocycles. The fourth-order valence-electron chi connectivity index (χ4n) is 2.28. The third-order valence-electron chi connectivity index (χ3n) is 3.04. The highest BCUT2D eigenvalue weighted by molar-refractivity contribution is 6.31. The van der Waals surface area contributed by atoms with E-state index in [-0.39, 0.29) is 16.3 Å². The fourth-order valence-corrected chi connectivity index (χ4v) is 2.48. The molecule has 0 saturated heterocycles. The standard InChI is InChI=1S/C16H25ClFN/c1-5-9-19-13(11-16(2,3)4)10-12-7-6-8-14(18)15(12)17/h6-8,13,19H,5,9-11H2,1-4H3. The van der Waals surface area contributed by atoms with Crippen molar-refractivity contribution in [2.45, 2.75) is 53.0 Å². The minimum atomic E-state index is -0.329. The molecule has 0 amide bonds. The first-order chi connectivity index (χ1) is 8.83. The van der Waals surface area contributed by atoms with Crippen LogP contribution in [0.3, 0.4) is 0 Å². The normalized spacial score (nSPS) is 13.6. The van der Waals surface area contributed by atoms with Crippen molar-refractivity contribution in [1.29, 1.82) is 0 Å². The maximum atomic E-state index is 13.5. The van der Waals surface area contributed by atoms with Crippen LogP contribution < -0.4 is 5.32 Å². The van der Waals surface area contributed by atoms with E-state index >= 15 is 0 Å². The van der Waals surface area contributed by atoms with Crippen molar-refractivity contribution < 1.29 is 4.39 Å². The van der Waals surface area contributed by atoms with Gasteiger partial charge in [-0.1, -0.05) is 51.4 Å². The molecular formula is C16H25ClFN. The fraction of sp³-hybridized carbons (Fsp3) is 0.625. The van der Waals surface area contributed by atoms with Crippen LogP contribution in [0, 0.1) is 11.2 Å². The summed E-state index contributed by atoms with van der Waals surface area (Å²) in [5.74, 6) is -0.329. The lowest BCUT2D eigenvalue weighted by molar-refractivity contribution is 0.306. The third-order valence-corrected chi connectivity index (χ3v) is 3.46. The Labute approximate surface area is 121 Å². The van der Waals surface area contributed by atoms with Crippen molar-refractivity contribution >= 4 is 11.6 Å². The van der Waals surface area contributed by atoms with E-state index in [0.717, 1.165) is 31.4 Å². The molecule has 0 fully saturated rings. The number of hydrogen-bond acceptors (Lipinski definition) is 1. The van der Waals surface area contributed by atoms with Crippen molar-refractivity contribution in [2.75, 3.05) is 6.54 Å². The van der Waals surface area contributed by atoms with Crippen molar-refractivity contribution in [1.82, 2.24) is 5.32 Å². The summed E-state index contributed by atoms with van der Waals surface area (Å²) in [4.78, 5) is 0. The highest BCUT2D eigenvalue weighted by Gasteiger charge is 2.20. The Balaban J connectivity index is 2.78.